The van der Waals surface area contributed by atoms with Crippen molar-refractivity contribution in [2.24, 2.45) is 5.73 Å². The summed E-state index contributed by atoms with van der Waals surface area (Å²) < 4.78 is 5.84. The first kappa shape index (κ1) is 23.6. The summed E-state index contributed by atoms with van der Waals surface area (Å²) in [6, 6.07) is 22.2. The van der Waals surface area contributed by atoms with Crippen molar-refractivity contribution >= 4 is 17.7 Å². The maximum Gasteiger partial charge on any atom is 0.254 e. The van der Waals surface area contributed by atoms with E-state index in [9.17, 15) is 14.4 Å². The van der Waals surface area contributed by atoms with Crippen LogP contribution in [0.2, 0.25) is 0 Å². The number of nitrogens with zero attached hydrogens (tertiary/aromatic N) is 1. The average Bonchev–Trinajstić information content (AvgIpc) is 3.82. The summed E-state index contributed by atoms with van der Waals surface area (Å²) in [6.45, 7) is 0.694. The molecular weight excluding hydrogens is 454 g/mol. The maximum absolute atomic E-state index is 13.5. The number of hydrogen-bond acceptors (Lipinski definition) is 4. The van der Waals surface area contributed by atoms with Crippen molar-refractivity contribution in [1.29, 1.82) is 0 Å². The third-order valence-corrected chi connectivity index (χ3v) is 6.45. The molecule has 5 rings (SSSR count). The van der Waals surface area contributed by atoms with Gasteiger partial charge in [0.15, 0.2) is 0 Å². The van der Waals surface area contributed by atoms with E-state index in [4.69, 9.17) is 10.5 Å². The molecule has 7 heteroatoms. The largest absolute Gasteiger partial charge is 0.488 e. The highest BCUT2D eigenvalue weighted by Gasteiger charge is 2.33. The van der Waals surface area contributed by atoms with E-state index in [0.717, 1.165) is 36.8 Å². The molecule has 0 spiro atoms. The highest BCUT2D eigenvalue weighted by molar-refractivity contribution is 5.96. The summed E-state index contributed by atoms with van der Waals surface area (Å²) in [6.07, 6.45) is 4.08. The van der Waals surface area contributed by atoms with Gasteiger partial charge in [-0.1, -0.05) is 36.4 Å². The van der Waals surface area contributed by atoms with Crippen LogP contribution in [0.5, 0.6) is 5.75 Å². The van der Waals surface area contributed by atoms with Crippen LogP contribution >= 0.6 is 0 Å². The first-order chi connectivity index (χ1) is 17.5. The zero-order valence-corrected chi connectivity index (χ0v) is 20.0. The van der Waals surface area contributed by atoms with Crippen molar-refractivity contribution in [3.63, 3.8) is 0 Å². The Kier molecular flexibility index (Phi) is 6.71. The molecule has 3 amide bonds. The fraction of sp³-hybridized carbons (Fsp3) is 0.276. The molecule has 3 aromatic carbocycles. The first-order valence-corrected chi connectivity index (χ1v) is 12.3. The Morgan fingerprint density at radius 3 is 2.31 bits per heavy atom. The highest BCUT2D eigenvalue weighted by Crippen LogP contribution is 2.30. The minimum absolute atomic E-state index is 0.0348. The number of primary amides is 1. The Balaban J connectivity index is 1.25. The number of rotatable bonds is 10. The Morgan fingerprint density at radius 2 is 1.61 bits per heavy atom. The fourth-order valence-electron chi connectivity index (χ4n) is 4.12. The third kappa shape index (κ3) is 5.74. The van der Waals surface area contributed by atoms with E-state index in [1.807, 2.05) is 53.4 Å². The Labute approximate surface area is 210 Å². The molecule has 184 valence electrons. The Morgan fingerprint density at radius 1 is 0.861 bits per heavy atom. The van der Waals surface area contributed by atoms with Gasteiger partial charge in [0.05, 0.1) is 5.56 Å². The smallest absolute Gasteiger partial charge is 0.254 e. The quantitative estimate of drug-likeness (QED) is 0.454. The predicted octanol–water partition coefficient (Wildman–Crippen LogP) is 4.06. The summed E-state index contributed by atoms with van der Waals surface area (Å²) in [7, 11) is 0. The average molecular weight is 484 g/mol. The second-order valence-electron chi connectivity index (χ2n) is 9.46. The normalized spacial score (nSPS) is 14.7. The zero-order chi connectivity index (χ0) is 25.1. The molecule has 0 radical (unpaired) electrons. The molecule has 0 aliphatic heterocycles. The van der Waals surface area contributed by atoms with Gasteiger partial charge in [0.2, 0.25) is 0 Å². The van der Waals surface area contributed by atoms with Gasteiger partial charge in [-0.2, -0.15) is 0 Å². The number of nitrogens with two attached hydrogens (primary N) is 1. The van der Waals surface area contributed by atoms with Crippen LogP contribution in [0.3, 0.4) is 0 Å². The van der Waals surface area contributed by atoms with Gasteiger partial charge in [-0.3, -0.25) is 14.4 Å². The number of para-hydroxylation sites is 1. The molecule has 3 aromatic rings. The van der Waals surface area contributed by atoms with Gasteiger partial charge in [0.1, 0.15) is 12.4 Å². The zero-order valence-electron chi connectivity index (χ0n) is 20.0. The lowest BCUT2D eigenvalue weighted by Crippen LogP contribution is -2.32. The van der Waals surface area contributed by atoms with Crippen molar-refractivity contribution in [1.82, 2.24) is 10.2 Å². The van der Waals surface area contributed by atoms with E-state index < -0.39 is 5.91 Å². The first-order valence-electron chi connectivity index (χ1n) is 12.3. The summed E-state index contributed by atoms with van der Waals surface area (Å²) >= 11 is 0. The lowest BCUT2D eigenvalue weighted by molar-refractivity contribution is 0.0729. The number of carbonyl (C=O) groups is 3. The van der Waals surface area contributed by atoms with Crippen LogP contribution in [-0.2, 0) is 13.2 Å². The molecule has 0 bridgehead atoms. The topological polar surface area (TPSA) is 102 Å². The Hall–Kier alpha value is -4.13. The SMILES string of the molecule is NC(=O)c1ccccc1OCc1cccc(C(=O)N(Cc2ccc(C(=O)NC3CC3)cc2)C2CC2)c1. The molecule has 0 atom stereocenters. The molecule has 2 fully saturated rings. The van der Waals surface area contributed by atoms with Gasteiger partial charge in [0.25, 0.3) is 17.7 Å². The third-order valence-electron chi connectivity index (χ3n) is 6.45. The van der Waals surface area contributed by atoms with E-state index in [1.54, 1.807) is 24.3 Å². The highest BCUT2D eigenvalue weighted by atomic mass is 16.5. The van der Waals surface area contributed by atoms with Crippen LogP contribution in [0, 0.1) is 0 Å². The number of amides is 3. The molecular formula is C29H29N3O4. The van der Waals surface area contributed by atoms with Crippen LogP contribution in [0.1, 0.15) is 67.9 Å². The van der Waals surface area contributed by atoms with Crippen molar-refractivity contribution in [2.45, 2.75) is 50.9 Å². The second-order valence-corrected chi connectivity index (χ2v) is 9.46. The van der Waals surface area contributed by atoms with Gasteiger partial charge < -0.3 is 20.7 Å². The lowest BCUT2D eigenvalue weighted by atomic mass is 10.1. The van der Waals surface area contributed by atoms with Crippen LogP contribution in [0.4, 0.5) is 0 Å². The van der Waals surface area contributed by atoms with E-state index in [0.29, 0.717) is 35.0 Å². The molecule has 0 saturated heterocycles. The molecule has 0 aromatic heterocycles. The molecule has 7 nitrogen and oxygen atoms in total. The molecule has 3 N–H and O–H groups in total. The van der Waals surface area contributed by atoms with Gasteiger partial charge in [-0.15, -0.1) is 0 Å². The van der Waals surface area contributed by atoms with E-state index in [1.165, 1.54) is 0 Å². The lowest BCUT2D eigenvalue weighted by Gasteiger charge is -2.23. The number of benzene rings is 3. The van der Waals surface area contributed by atoms with Crippen LogP contribution in [-0.4, -0.2) is 34.7 Å². The van der Waals surface area contributed by atoms with E-state index >= 15 is 0 Å². The van der Waals surface area contributed by atoms with Gasteiger partial charge in [-0.25, -0.2) is 0 Å². The van der Waals surface area contributed by atoms with Crippen molar-refractivity contribution in [2.75, 3.05) is 0 Å². The number of ether oxygens (including phenoxy) is 1. The molecule has 0 heterocycles. The van der Waals surface area contributed by atoms with Gasteiger partial charge >= 0.3 is 0 Å². The van der Waals surface area contributed by atoms with Gasteiger partial charge in [-0.05, 0) is 73.2 Å². The second kappa shape index (κ2) is 10.2. The molecule has 0 unspecified atom stereocenters. The molecule has 2 saturated carbocycles. The minimum atomic E-state index is -0.550. The number of carbonyl (C=O) groups excluding carboxylic acids is 3. The van der Waals surface area contributed by atoms with Crippen molar-refractivity contribution in [3.05, 3.63) is 101 Å². The van der Waals surface area contributed by atoms with Crippen LogP contribution in [0.25, 0.3) is 0 Å². The maximum atomic E-state index is 13.5. The summed E-state index contributed by atoms with van der Waals surface area (Å²) in [5, 5.41) is 3.00. The molecule has 2 aliphatic rings. The van der Waals surface area contributed by atoms with Gasteiger partial charge in [0, 0.05) is 29.8 Å². The predicted molar refractivity (Wildman–Crippen MR) is 136 cm³/mol. The summed E-state index contributed by atoms with van der Waals surface area (Å²) in [5.74, 6) is -0.217. The summed E-state index contributed by atoms with van der Waals surface area (Å²) in [5.41, 5.74) is 8.79. The Bertz CT molecular complexity index is 1280. The molecule has 36 heavy (non-hydrogen) atoms. The van der Waals surface area contributed by atoms with Crippen molar-refractivity contribution in [3.8, 4) is 5.75 Å². The standard InChI is InChI=1S/C29H29N3O4/c30-27(33)25-6-1-2-7-26(25)36-18-20-4-3-5-22(16-20)29(35)32(24-14-15-24)17-19-8-10-21(11-9-19)28(34)31-23-12-13-23/h1-11,16,23-24H,12-15,17-18H2,(H2,30,33)(H,31,34). The van der Waals surface area contributed by atoms with Crippen LogP contribution < -0.4 is 15.8 Å². The minimum Gasteiger partial charge on any atom is -0.488 e. The van der Waals surface area contributed by atoms with E-state index in [2.05, 4.69) is 5.32 Å². The summed E-state index contributed by atoms with van der Waals surface area (Å²) in [4.78, 5) is 39.3. The van der Waals surface area contributed by atoms with Crippen LogP contribution in [0.15, 0.2) is 72.8 Å². The molecule has 2 aliphatic carbocycles. The number of nitrogens with one attached hydrogen (secondary N) is 1. The van der Waals surface area contributed by atoms with Crippen molar-refractivity contribution < 1.29 is 19.1 Å². The fourth-order valence-corrected chi connectivity index (χ4v) is 4.12. The number of hydrogen-bond donors (Lipinski definition) is 2. The van der Waals surface area contributed by atoms with E-state index in [-0.39, 0.29) is 24.5 Å². The monoisotopic (exact) mass is 483 g/mol.